The summed E-state index contributed by atoms with van der Waals surface area (Å²) in [6.45, 7) is 0. The molecule has 2 rings (SSSR count). The molecule has 8 heteroatoms. The van der Waals surface area contributed by atoms with Gasteiger partial charge in [0.1, 0.15) is 5.69 Å². The zero-order valence-corrected chi connectivity index (χ0v) is 13.1. The summed E-state index contributed by atoms with van der Waals surface area (Å²) in [6.07, 6.45) is 1.43. The number of nitro benzene ring substituents is 1. The highest BCUT2D eigenvalue weighted by molar-refractivity contribution is 9.10. The van der Waals surface area contributed by atoms with Gasteiger partial charge >= 0.3 is 0 Å². The second-order valence-electron chi connectivity index (χ2n) is 4.20. The third-order valence-corrected chi connectivity index (χ3v) is 3.34. The first-order chi connectivity index (χ1) is 10.5. The highest BCUT2D eigenvalue weighted by atomic mass is 79.9. The number of methoxy groups -OCH3 is 1. The number of para-hydroxylation sites is 2. The van der Waals surface area contributed by atoms with Gasteiger partial charge in [0.2, 0.25) is 0 Å². The molecule has 114 valence electrons. The van der Waals surface area contributed by atoms with Crippen molar-refractivity contribution in [2.45, 2.75) is 0 Å². The Balaban J connectivity index is 2.19. The maximum Gasteiger partial charge on any atom is 0.294 e. The first kappa shape index (κ1) is 15.8. The van der Waals surface area contributed by atoms with Crippen LogP contribution in [0.15, 0.2) is 46.0 Å². The number of phenolic OH excluding ortho intramolecular Hbond substituents is 1. The molecule has 0 aliphatic rings. The minimum absolute atomic E-state index is 0.0379. The molecule has 0 bridgehead atoms. The van der Waals surface area contributed by atoms with E-state index < -0.39 is 4.92 Å². The van der Waals surface area contributed by atoms with E-state index in [1.54, 1.807) is 24.3 Å². The predicted octanol–water partition coefficient (Wildman–Crippen LogP) is 3.52. The standard InChI is InChI=1S/C14H12BrN3O4/c1-22-14-10(15)6-9(7-13(14)19)8-16-17-11-4-2-3-5-12(11)18(20)21/h2-8,17,19H,1H3/b16-8+. The number of rotatable bonds is 5. The number of benzene rings is 2. The van der Waals surface area contributed by atoms with Crippen LogP contribution in [0.25, 0.3) is 0 Å². The fourth-order valence-electron chi connectivity index (χ4n) is 1.78. The van der Waals surface area contributed by atoms with Gasteiger partial charge in [0.05, 0.1) is 22.7 Å². The number of hydrazone groups is 1. The molecule has 0 aromatic heterocycles. The van der Waals surface area contributed by atoms with Crippen molar-refractivity contribution in [2.24, 2.45) is 5.10 Å². The van der Waals surface area contributed by atoms with Crippen LogP contribution in [0.1, 0.15) is 5.56 Å². The summed E-state index contributed by atoms with van der Waals surface area (Å²) in [5, 5.41) is 24.6. The molecule has 0 radical (unpaired) electrons. The number of anilines is 1. The Bertz CT molecular complexity index is 711. The second kappa shape index (κ2) is 6.90. The average Bonchev–Trinajstić information content (AvgIpc) is 2.47. The van der Waals surface area contributed by atoms with E-state index in [1.807, 2.05) is 0 Å². The lowest BCUT2D eigenvalue weighted by molar-refractivity contribution is -0.384. The summed E-state index contributed by atoms with van der Waals surface area (Å²) < 4.78 is 5.59. The maximum atomic E-state index is 10.9. The lowest BCUT2D eigenvalue weighted by Gasteiger charge is -2.06. The van der Waals surface area contributed by atoms with Crippen LogP contribution in [-0.2, 0) is 0 Å². The van der Waals surface area contributed by atoms with E-state index >= 15 is 0 Å². The molecule has 2 aromatic rings. The molecule has 0 saturated carbocycles. The van der Waals surface area contributed by atoms with E-state index in [1.165, 1.54) is 25.5 Å². The quantitative estimate of drug-likeness (QED) is 0.480. The van der Waals surface area contributed by atoms with Crippen LogP contribution >= 0.6 is 15.9 Å². The van der Waals surface area contributed by atoms with Gasteiger partial charge in [0.25, 0.3) is 5.69 Å². The van der Waals surface area contributed by atoms with Gasteiger partial charge in [-0.15, -0.1) is 0 Å². The number of nitrogens with zero attached hydrogens (tertiary/aromatic N) is 2. The van der Waals surface area contributed by atoms with Crippen LogP contribution in [0.2, 0.25) is 0 Å². The predicted molar refractivity (Wildman–Crippen MR) is 86.7 cm³/mol. The van der Waals surface area contributed by atoms with Crippen molar-refractivity contribution in [1.29, 1.82) is 0 Å². The monoisotopic (exact) mass is 365 g/mol. The molecule has 0 spiro atoms. The van der Waals surface area contributed by atoms with E-state index in [2.05, 4.69) is 26.5 Å². The largest absolute Gasteiger partial charge is 0.504 e. The van der Waals surface area contributed by atoms with Crippen molar-refractivity contribution in [2.75, 3.05) is 12.5 Å². The molecule has 0 aliphatic carbocycles. The lowest BCUT2D eigenvalue weighted by Crippen LogP contribution is -1.96. The van der Waals surface area contributed by atoms with Crippen molar-refractivity contribution < 1.29 is 14.8 Å². The summed E-state index contributed by atoms with van der Waals surface area (Å²) in [5.74, 6) is 0.285. The number of phenols is 1. The highest BCUT2D eigenvalue weighted by Crippen LogP contribution is 2.35. The summed E-state index contributed by atoms with van der Waals surface area (Å²) in [6, 6.07) is 9.34. The molecule has 0 fully saturated rings. The van der Waals surface area contributed by atoms with Gasteiger partial charge in [0.15, 0.2) is 11.5 Å². The van der Waals surface area contributed by atoms with Crippen LogP contribution in [0.4, 0.5) is 11.4 Å². The topological polar surface area (TPSA) is 97.0 Å². The van der Waals surface area contributed by atoms with Gasteiger partial charge in [-0.1, -0.05) is 12.1 Å². The summed E-state index contributed by atoms with van der Waals surface area (Å²) >= 11 is 3.27. The smallest absolute Gasteiger partial charge is 0.294 e. The Hall–Kier alpha value is -2.61. The van der Waals surface area contributed by atoms with Crippen molar-refractivity contribution >= 4 is 33.5 Å². The zero-order chi connectivity index (χ0) is 16.1. The van der Waals surface area contributed by atoms with Crippen LogP contribution in [0.3, 0.4) is 0 Å². The molecule has 0 unspecified atom stereocenters. The molecular weight excluding hydrogens is 354 g/mol. The first-order valence-corrected chi connectivity index (χ1v) is 6.91. The molecule has 0 saturated heterocycles. The summed E-state index contributed by atoms with van der Waals surface area (Å²) in [4.78, 5) is 10.4. The molecule has 0 aliphatic heterocycles. The van der Waals surface area contributed by atoms with Gasteiger partial charge in [0, 0.05) is 6.07 Å². The maximum absolute atomic E-state index is 10.9. The molecule has 0 atom stereocenters. The molecule has 0 heterocycles. The highest BCUT2D eigenvalue weighted by Gasteiger charge is 2.11. The number of nitrogens with one attached hydrogen (secondary N) is 1. The van der Waals surface area contributed by atoms with Crippen LogP contribution < -0.4 is 10.2 Å². The summed E-state index contributed by atoms with van der Waals surface area (Å²) in [7, 11) is 1.45. The van der Waals surface area contributed by atoms with E-state index in [-0.39, 0.29) is 17.1 Å². The van der Waals surface area contributed by atoms with Gasteiger partial charge in [-0.3, -0.25) is 15.5 Å². The molecule has 2 aromatic carbocycles. The number of nitro groups is 1. The van der Waals surface area contributed by atoms with E-state index in [0.29, 0.717) is 15.8 Å². The van der Waals surface area contributed by atoms with Crippen molar-refractivity contribution in [3.8, 4) is 11.5 Å². The number of hydrogen-bond acceptors (Lipinski definition) is 6. The Labute approximate surface area is 134 Å². The van der Waals surface area contributed by atoms with Crippen LogP contribution in [0.5, 0.6) is 11.5 Å². The van der Waals surface area contributed by atoms with Crippen molar-refractivity contribution in [1.82, 2.24) is 0 Å². The van der Waals surface area contributed by atoms with Crippen LogP contribution in [0, 0.1) is 10.1 Å². The number of hydrogen-bond donors (Lipinski definition) is 2. The third kappa shape index (κ3) is 3.53. The minimum Gasteiger partial charge on any atom is -0.504 e. The fraction of sp³-hybridized carbons (Fsp3) is 0.0714. The SMILES string of the molecule is COc1c(O)cc(/C=N/Nc2ccccc2[N+](=O)[O-])cc1Br. The van der Waals surface area contributed by atoms with Gasteiger partial charge < -0.3 is 9.84 Å². The number of halogens is 1. The Morgan fingerprint density at radius 3 is 2.77 bits per heavy atom. The van der Waals surface area contributed by atoms with Crippen LogP contribution in [-0.4, -0.2) is 23.4 Å². The molecule has 0 amide bonds. The van der Waals surface area contributed by atoms with Gasteiger partial charge in [-0.25, -0.2) is 0 Å². The Morgan fingerprint density at radius 1 is 1.41 bits per heavy atom. The van der Waals surface area contributed by atoms with Crippen molar-refractivity contribution in [3.05, 3.63) is 56.5 Å². The van der Waals surface area contributed by atoms with E-state index in [4.69, 9.17) is 4.74 Å². The normalized spacial score (nSPS) is 10.6. The fourth-order valence-corrected chi connectivity index (χ4v) is 2.41. The zero-order valence-electron chi connectivity index (χ0n) is 11.5. The molecule has 2 N–H and O–H groups in total. The van der Waals surface area contributed by atoms with E-state index in [9.17, 15) is 15.2 Å². The second-order valence-corrected chi connectivity index (χ2v) is 5.05. The van der Waals surface area contributed by atoms with E-state index in [0.717, 1.165) is 0 Å². The van der Waals surface area contributed by atoms with Gasteiger partial charge in [-0.2, -0.15) is 5.10 Å². The Morgan fingerprint density at radius 2 is 2.14 bits per heavy atom. The summed E-state index contributed by atoms with van der Waals surface area (Å²) in [5.41, 5.74) is 3.41. The minimum atomic E-state index is -0.492. The third-order valence-electron chi connectivity index (χ3n) is 2.75. The molecule has 22 heavy (non-hydrogen) atoms. The molecular formula is C14H12BrN3O4. The first-order valence-electron chi connectivity index (χ1n) is 6.12. The molecule has 7 nitrogen and oxygen atoms in total. The van der Waals surface area contributed by atoms with Gasteiger partial charge in [-0.05, 0) is 39.7 Å². The van der Waals surface area contributed by atoms with Crippen molar-refractivity contribution in [3.63, 3.8) is 0 Å². The Kier molecular flexibility index (Phi) is 4.95. The number of ether oxygens (including phenoxy) is 1. The lowest BCUT2D eigenvalue weighted by atomic mass is 10.2. The number of aromatic hydroxyl groups is 1. The average molecular weight is 366 g/mol.